The molecular formula is C15H20ClNO5. The molecule has 0 unspecified atom stereocenters. The number of esters is 2. The van der Waals surface area contributed by atoms with Crippen molar-refractivity contribution >= 4 is 24.3 Å². The zero-order valence-electron chi connectivity index (χ0n) is 12.5. The van der Waals surface area contributed by atoms with Crippen LogP contribution < -0.4 is 10.1 Å². The lowest BCUT2D eigenvalue weighted by Gasteiger charge is -2.15. The maximum absolute atomic E-state index is 11.9. The van der Waals surface area contributed by atoms with Gasteiger partial charge in [0.2, 0.25) is 0 Å². The van der Waals surface area contributed by atoms with E-state index < -0.39 is 5.97 Å². The van der Waals surface area contributed by atoms with Crippen molar-refractivity contribution in [2.24, 2.45) is 0 Å². The summed E-state index contributed by atoms with van der Waals surface area (Å²) < 4.78 is 15.5. The number of carbonyl (C=O) groups is 2. The lowest BCUT2D eigenvalue weighted by molar-refractivity contribution is -0.142. The number of ether oxygens (including phenoxy) is 3. The molecular weight excluding hydrogens is 310 g/mol. The van der Waals surface area contributed by atoms with Crippen molar-refractivity contribution < 1.29 is 23.8 Å². The van der Waals surface area contributed by atoms with Crippen molar-refractivity contribution in [3.63, 3.8) is 0 Å². The first-order valence-corrected chi connectivity index (χ1v) is 6.89. The molecule has 122 valence electrons. The summed E-state index contributed by atoms with van der Waals surface area (Å²) in [6.45, 7) is 2.59. The molecule has 1 aliphatic heterocycles. The van der Waals surface area contributed by atoms with Gasteiger partial charge in [0.1, 0.15) is 23.5 Å². The van der Waals surface area contributed by atoms with Gasteiger partial charge in [0, 0.05) is 13.0 Å². The number of rotatable bonds is 5. The number of carbonyl (C=O) groups excluding carboxylic acids is 2. The summed E-state index contributed by atoms with van der Waals surface area (Å²) in [5.41, 5.74) is 0.390. The van der Waals surface area contributed by atoms with Crippen molar-refractivity contribution in [3.05, 3.63) is 29.8 Å². The first kappa shape index (κ1) is 18.3. The third-order valence-electron chi connectivity index (χ3n) is 3.25. The Hall–Kier alpha value is -1.79. The van der Waals surface area contributed by atoms with E-state index in [1.54, 1.807) is 31.2 Å². The maximum Gasteiger partial charge on any atom is 0.341 e. The highest BCUT2D eigenvalue weighted by Gasteiger charge is 2.32. The van der Waals surface area contributed by atoms with Gasteiger partial charge in [0.25, 0.3) is 0 Å². The van der Waals surface area contributed by atoms with Gasteiger partial charge in [-0.3, -0.25) is 4.79 Å². The Balaban J connectivity index is 0.00000242. The molecule has 0 aromatic heterocycles. The van der Waals surface area contributed by atoms with Crippen LogP contribution in [0.4, 0.5) is 0 Å². The van der Waals surface area contributed by atoms with Crippen molar-refractivity contribution in [3.8, 4) is 5.75 Å². The molecule has 0 spiro atoms. The van der Waals surface area contributed by atoms with Crippen LogP contribution in [0.15, 0.2) is 24.3 Å². The van der Waals surface area contributed by atoms with Crippen molar-refractivity contribution in [1.29, 1.82) is 0 Å². The van der Waals surface area contributed by atoms with Crippen LogP contribution in [0, 0.1) is 0 Å². The molecule has 0 radical (unpaired) electrons. The molecule has 7 heteroatoms. The SMILES string of the molecule is CCOC(=O)c1ccccc1O[C@@H]1CN[C@H](C(=O)OC)C1.Cl. The normalized spacial score (nSPS) is 19.9. The van der Waals surface area contributed by atoms with Crippen LogP contribution >= 0.6 is 12.4 Å². The first-order chi connectivity index (χ1) is 10.2. The Morgan fingerprint density at radius 2 is 2.05 bits per heavy atom. The molecule has 2 atom stereocenters. The summed E-state index contributed by atoms with van der Waals surface area (Å²) in [7, 11) is 1.36. The van der Waals surface area contributed by atoms with Crippen LogP contribution in [-0.4, -0.2) is 44.3 Å². The Labute approximate surface area is 135 Å². The fraction of sp³-hybridized carbons (Fsp3) is 0.467. The van der Waals surface area contributed by atoms with Gasteiger partial charge in [0.05, 0.1) is 13.7 Å². The highest BCUT2D eigenvalue weighted by Crippen LogP contribution is 2.23. The smallest absolute Gasteiger partial charge is 0.341 e. The second-order valence-electron chi connectivity index (χ2n) is 4.68. The van der Waals surface area contributed by atoms with Crippen LogP contribution in [0.25, 0.3) is 0 Å². The van der Waals surface area contributed by atoms with Gasteiger partial charge in [-0.2, -0.15) is 0 Å². The van der Waals surface area contributed by atoms with Crippen LogP contribution in [0.1, 0.15) is 23.7 Å². The predicted octanol–water partition coefficient (Wildman–Crippen LogP) is 1.57. The van der Waals surface area contributed by atoms with Crippen LogP contribution in [0.3, 0.4) is 0 Å². The Morgan fingerprint density at radius 1 is 1.32 bits per heavy atom. The average Bonchev–Trinajstić information content (AvgIpc) is 2.96. The van der Waals surface area contributed by atoms with E-state index in [2.05, 4.69) is 5.32 Å². The fourth-order valence-electron chi connectivity index (χ4n) is 2.24. The topological polar surface area (TPSA) is 73.9 Å². The van der Waals surface area contributed by atoms with E-state index in [1.807, 2.05) is 0 Å². The maximum atomic E-state index is 11.9. The lowest BCUT2D eigenvalue weighted by atomic mass is 10.2. The second kappa shape index (κ2) is 8.60. The highest BCUT2D eigenvalue weighted by molar-refractivity contribution is 5.92. The number of nitrogens with one attached hydrogen (secondary N) is 1. The van der Waals surface area contributed by atoms with Gasteiger partial charge >= 0.3 is 11.9 Å². The van der Waals surface area contributed by atoms with E-state index in [0.29, 0.717) is 30.9 Å². The summed E-state index contributed by atoms with van der Waals surface area (Å²) in [5.74, 6) is -0.253. The van der Waals surface area contributed by atoms with E-state index >= 15 is 0 Å². The number of hydrogen-bond donors (Lipinski definition) is 1. The van der Waals surface area contributed by atoms with Gasteiger partial charge in [-0.25, -0.2) is 4.79 Å². The Morgan fingerprint density at radius 3 is 2.73 bits per heavy atom. The predicted molar refractivity (Wildman–Crippen MR) is 82.5 cm³/mol. The number of hydrogen-bond acceptors (Lipinski definition) is 6. The summed E-state index contributed by atoms with van der Waals surface area (Å²) in [6, 6.07) is 6.56. The minimum Gasteiger partial charge on any atom is -0.488 e. The molecule has 1 saturated heterocycles. The van der Waals surface area contributed by atoms with Gasteiger partial charge in [0.15, 0.2) is 0 Å². The molecule has 2 rings (SSSR count). The quantitative estimate of drug-likeness (QED) is 0.827. The molecule has 0 bridgehead atoms. The zero-order chi connectivity index (χ0) is 15.2. The molecule has 1 aromatic rings. The Kier molecular flexibility index (Phi) is 7.14. The van der Waals surface area contributed by atoms with Gasteiger partial charge < -0.3 is 19.5 Å². The van der Waals surface area contributed by atoms with Gasteiger partial charge in [-0.05, 0) is 19.1 Å². The van der Waals surface area contributed by atoms with E-state index in [4.69, 9.17) is 14.2 Å². The molecule has 22 heavy (non-hydrogen) atoms. The molecule has 1 aliphatic rings. The number of para-hydroxylation sites is 1. The standard InChI is InChI=1S/C15H19NO5.ClH/c1-3-20-14(17)11-6-4-5-7-13(11)21-10-8-12(16-9-10)15(18)19-2;/h4-7,10,12,16H,3,8-9H2,1-2H3;1H/t10-,12-;/m0./s1. The van der Waals surface area contributed by atoms with Crippen LogP contribution in [-0.2, 0) is 14.3 Å². The molecule has 1 N–H and O–H groups in total. The van der Waals surface area contributed by atoms with E-state index in [9.17, 15) is 9.59 Å². The van der Waals surface area contributed by atoms with Crippen LogP contribution in [0.2, 0.25) is 0 Å². The molecule has 6 nitrogen and oxygen atoms in total. The summed E-state index contributed by atoms with van der Waals surface area (Å²) in [4.78, 5) is 23.3. The third kappa shape index (κ3) is 4.35. The highest BCUT2D eigenvalue weighted by atomic mass is 35.5. The minimum absolute atomic E-state index is 0. The molecule has 1 aromatic carbocycles. The van der Waals surface area contributed by atoms with E-state index in [0.717, 1.165) is 0 Å². The largest absolute Gasteiger partial charge is 0.488 e. The molecule has 1 fully saturated rings. The summed E-state index contributed by atoms with van der Waals surface area (Å²) in [6.07, 6.45) is 0.314. The molecule has 0 amide bonds. The fourth-order valence-corrected chi connectivity index (χ4v) is 2.24. The van der Waals surface area contributed by atoms with Crippen molar-refractivity contribution in [2.45, 2.75) is 25.5 Å². The van der Waals surface area contributed by atoms with Crippen LogP contribution in [0.5, 0.6) is 5.75 Å². The molecule has 0 aliphatic carbocycles. The number of halogens is 1. The first-order valence-electron chi connectivity index (χ1n) is 6.89. The average molecular weight is 330 g/mol. The van der Waals surface area contributed by atoms with Crippen molar-refractivity contribution in [1.82, 2.24) is 5.32 Å². The van der Waals surface area contributed by atoms with E-state index in [-0.39, 0.29) is 30.5 Å². The monoisotopic (exact) mass is 329 g/mol. The number of benzene rings is 1. The minimum atomic E-state index is -0.413. The number of methoxy groups -OCH3 is 1. The zero-order valence-corrected chi connectivity index (χ0v) is 13.4. The van der Waals surface area contributed by atoms with Gasteiger partial charge in [-0.1, -0.05) is 12.1 Å². The molecule has 1 heterocycles. The summed E-state index contributed by atoms with van der Waals surface area (Å²) in [5, 5.41) is 3.04. The third-order valence-corrected chi connectivity index (χ3v) is 3.25. The van der Waals surface area contributed by atoms with Gasteiger partial charge in [-0.15, -0.1) is 12.4 Å². The lowest BCUT2D eigenvalue weighted by Crippen LogP contribution is -2.31. The van der Waals surface area contributed by atoms with Crippen molar-refractivity contribution in [2.75, 3.05) is 20.3 Å². The summed E-state index contributed by atoms with van der Waals surface area (Å²) >= 11 is 0. The Bertz CT molecular complexity index is 522. The second-order valence-corrected chi connectivity index (χ2v) is 4.68. The van der Waals surface area contributed by atoms with E-state index in [1.165, 1.54) is 7.11 Å². The molecule has 0 saturated carbocycles.